The number of piperidine rings is 1. The lowest BCUT2D eigenvalue weighted by molar-refractivity contribution is -0.384. The van der Waals surface area contributed by atoms with Gasteiger partial charge in [-0.25, -0.2) is 0 Å². The molecule has 1 aliphatic heterocycles. The number of nitro benzene ring substituents is 1. The van der Waals surface area contributed by atoms with Crippen LogP contribution in [0.25, 0.3) is 0 Å². The lowest BCUT2D eigenvalue weighted by Gasteiger charge is -2.22. The largest absolute Gasteiger partial charge is 0.454 e. The third kappa shape index (κ3) is 4.67. The average molecular weight is 339 g/mol. The molecule has 1 aromatic carbocycles. The number of ether oxygens (including phenoxy) is 1. The summed E-state index contributed by atoms with van der Waals surface area (Å²) in [5, 5.41) is 18.3. The fourth-order valence-electron chi connectivity index (χ4n) is 2.61. The zero-order chi connectivity index (χ0) is 15.4. The van der Waals surface area contributed by atoms with Crippen LogP contribution in [-0.4, -0.2) is 27.8 Å². The van der Waals surface area contributed by atoms with Crippen molar-refractivity contribution in [2.75, 3.05) is 13.1 Å². The fourth-order valence-corrected chi connectivity index (χ4v) is 2.61. The molecule has 23 heavy (non-hydrogen) atoms. The molecule has 1 unspecified atom stereocenters. The van der Waals surface area contributed by atoms with E-state index in [0.717, 1.165) is 19.6 Å². The molecule has 0 radical (unpaired) electrons. The summed E-state index contributed by atoms with van der Waals surface area (Å²) in [4.78, 5) is 10.2. The average Bonchev–Trinajstić information content (AvgIpc) is 2.96. The number of nitro groups is 1. The van der Waals surface area contributed by atoms with Gasteiger partial charge in [0.25, 0.3) is 5.69 Å². The first-order valence-corrected chi connectivity index (χ1v) is 7.36. The predicted molar refractivity (Wildman–Crippen MR) is 88.2 cm³/mol. The zero-order valence-electron chi connectivity index (χ0n) is 12.6. The van der Waals surface area contributed by atoms with Crippen molar-refractivity contribution in [3.63, 3.8) is 0 Å². The van der Waals surface area contributed by atoms with Gasteiger partial charge in [-0.15, -0.1) is 12.4 Å². The Bertz CT molecular complexity index is 638. The Kier molecular flexibility index (Phi) is 5.95. The Labute approximate surface area is 140 Å². The first-order valence-electron chi connectivity index (χ1n) is 7.36. The molecule has 1 saturated heterocycles. The van der Waals surface area contributed by atoms with Gasteiger partial charge < -0.3 is 10.1 Å². The highest BCUT2D eigenvalue weighted by Gasteiger charge is 2.14. The summed E-state index contributed by atoms with van der Waals surface area (Å²) in [6.07, 6.45) is 5.94. The van der Waals surface area contributed by atoms with Gasteiger partial charge in [-0.1, -0.05) is 0 Å². The van der Waals surface area contributed by atoms with Gasteiger partial charge in [0.2, 0.25) is 0 Å². The highest BCUT2D eigenvalue weighted by Crippen LogP contribution is 2.23. The van der Waals surface area contributed by atoms with Gasteiger partial charge in [-0.3, -0.25) is 14.8 Å². The van der Waals surface area contributed by atoms with Gasteiger partial charge in [0.05, 0.1) is 17.3 Å². The van der Waals surface area contributed by atoms with Gasteiger partial charge >= 0.3 is 0 Å². The van der Waals surface area contributed by atoms with Gasteiger partial charge in [-0.2, -0.15) is 5.10 Å². The summed E-state index contributed by atoms with van der Waals surface area (Å²) in [6.45, 7) is 3.00. The number of non-ortho nitro benzene ring substituents is 1. The number of halogens is 1. The second kappa shape index (κ2) is 7.94. The summed E-state index contributed by atoms with van der Waals surface area (Å²) >= 11 is 0. The second-order valence-electron chi connectivity index (χ2n) is 5.46. The lowest BCUT2D eigenvalue weighted by Crippen LogP contribution is -2.32. The molecule has 1 aromatic heterocycles. The van der Waals surface area contributed by atoms with E-state index in [1.54, 1.807) is 18.3 Å². The van der Waals surface area contributed by atoms with Gasteiger partial charge in [-0.05, 0) is 44.0 Å². The van der Waals surface area contributed by atoms with Crippen molar-refractivity contribution in [1.82, 2.24) is 15.1 Å². The van der Waals surface area contributed by atoms with E-state index in [2.05, 4.69) is 10.4 Å². The van der Waals surface area contributed by atoms with E-state index in [9.17, 15) is 10.1 Å². The molecule has 1 aliphatic rings. The monoisotopic (exact) mass is 338 g/mol. The normalized spacial score (nSPS) is 17.3. The molecule has 2 aromatic rings. The summed E-state index contributed by atoms with van der Waals surface area (Å²) in [7, 11) is 0. The Morgan fingerprint density at radius 3 is 2.78 bits per heavy atom. The third-order valence-corrected chi connectivity index (χ3v) is 3.74. The fraction of sp³-hybridized carbons (Fsp3) is 0.400. The van der Waals surface area contributed by atoms with Crippen molar-refractivity contribution >= 4 is 18.1 Å². The smallest absolute Gasteiger partial charge is 0.269 e. The molecular weight excluding hydrogens is 320 g/mol. The van der Waals surface area contributed by atoms with Crippen molar-refractivity contribution < 1.29 is 9.66 Å². The first-order chi connectivity index (χ1) is 10.7. The van der Waals surface area contributed by atoms with E-state index in [4.69, 9.17) is 4.74 Å². The van der Waals surface area contributed by atoms with E-state index in [1.165, 1.54) is 25.0 Å². The molecule has 0 aliphatic carbocycles. The molecular formula is C15H19ClN4O3. The Balaban J connectivity index is 0.00000192. The Morgan fingerprint density at radius 2 is 2.13 bits per heavy atom. The Hall–Kier alpha value is -2.12. The SMILES string of the molecule is Cl.O=[N+]([O-])c1ccc(Oc2cnn(CC3CCCNC3)c2)cc1. The van der Waals surface area contributed by atoms with E-state index < -0.39 is 4.92 Å². The van der Waals surface area contributed by atoms with Gasteiger partial charge in [0.15, 0.2) is 5.75 Å². The van der Waals surface area contributed by atoms with Crippen LogP contribution in [0, 0.1) is 16.0 Å². The molecule has 124 valence electrons. The molecule has 0 saturated carbocycles. The van der Waals surface area contributed by atoms with Crippen LogP contribution in [0.1, 0.15) is 12.8 Å². The topological polar surface area (TPSA) is 82.2 Å². The van der Waals surface area contributed by atoms with E-state index >= 15 is 0 Å². The lowest BCUT2D eigenvalue weighted by atomic mass is 10.00. The van der Waals surface area contributed by atoms with Crippen LogP contribution in [0.5, 0.6) is 11.5 Å². The summed E-state index contributed by atoms with van der Waals surface area (Å²) in [5.74, 6) is 1.79. The van der Waals surface area contributed by atoms with Crippen LogP contribution in [0.4, 0.5) is 5.69 Å². The number of rotatable bonds is 5. The van der Waals surface area contributed by atoms with Crippen LogP contribution in [0.3, 0.4) is 0 Å². The summed E-state index contributed by atoms with van der Waals surface area (Å²) in [5.41, 5.74) is 0.0489. The second-order valence-corrected chi connectivity index (χ2v) is 5.46. The van der Waals surface area contributed by atoms with Crippen molar-refractivity contribution in [2.24, 2.45) is 5.92 Å². The number of nitrogens with one attached hydrogen (secondary N) is 1. The highest BCUT2D eigenvalue weighted by molar-refractivity contribution is 5.85. The number of benzene rings is 1. The van der Waals surface area contributed by atoms with Crippen molar-refractivity contribution in [1.29, 1.82) is 0 Å². The van der Waals surface area contributed by atoms with Gasteiger partial charge in [0, 0.05) is 18.7 Å². The summed E-state index contributed by atoms with van der Waals surface area (Å²) < 4.78 is 7.55. The maximum Gasteiger partial charge on any atom is 0.269 e. The quantitative estimate of drug-likeness (QED) is 0.669. The molecule has 0 bridgehead atoms. The van der Waals surface area contributed by atoms with Crippen LogP contribution in [-0.2, 0) is 6.54 Å². The van der Waals surface area contributed by atoms with Crippen molar-refractivity contribution in [2.45, 2.75) is 19.4 Å². The maximum absolute atomic E-state index is 10.6. The molecule has 2 heterocycles. The molecule has 0 spiro atoms. The molecule has 1 N–H and O–H groups in total. The first kappa shape index (κ1) is 17.2. The number of nitrogens with zero attached hydrogens (tertiary/aromatic N) is 3. The van der Waals surface area contributed by atoms with Crippen molar-refractivity contribution in [3.8, 4) is 11.5 Å². The molecule has 1 fully saturated rings. The van der Waals surface area contributed by atoms with E-state index in [0.29, 0.717) is 17.4 Å². The zero-order valence-corrected chi connectivity index (χ0v) is 13.4. The minimum absolute atomic E-state index is 0. The predicted octanol–water partition coefficient (Wildman–Crippen LogP) is 3.01. The number of hydrogen-bond acceptors (Lipinski definition) is 5. The number of aromatic nitrogens is 2. The molecule has 8 heteroatoms. The molecule has 1 atom stereocenters. The number of hydrogen-bond donors (Lipinski definition) is 1. The van der Waals surface area contributed by atoms with E-state index in [-0.39, 0.29) is 18.1 Å². The van der Waals surface area contributed by atoms with Gasteiger partial charge in [0.1, 0.15) is 5.75 Å². The minimum atomic E-state index is -0.431. The molecule has 7 nitrogen and oxygen atoms in total. The van der Waals surface area contributed by atoms with Crippen LogP contribution in [0.2, 0.25) is 0 Å². The highest BCUT2D eigenvalue weighted by atomic mass is 35.5. The van der Waals surface area contributed by atoms with Crippen LogP contribution in [0.15, 0.2) is 36.7 Å². The van der Waals surface area contributed by atoms with Crippen molar-refractivity contribution in [3.05, 3.63) is 46.8 Å². The maximum atomic E-state index is 10.6. The third-order valence-electron chi connectivity index (χ3n) is 3.74. The minimum Gasteiger partial charge on any atom is -0.454 e. The molecule has 0 amide bonds. The van der Waals surface area contributed by atoms with Crippen LogP contribution >= 0.6 is 12.4 Å². The summed E-state index contributed by atoms with van der Waals surface area (Å²) in [6, 6.07) is 6.02. The Morgan fingerprint density at radius 1 is 1.35 bits per heavy atom. The standard InChI is InChI=1S/C15H18N4O3.ClH/c20-19(21)13-3-5-14(6-4-13)22-15-9-17-18(11-15)10-12-2-1-7-16-8-12;/h3-6,9,11-12,16H,1-2,7-8,10H2;1H. The van der Waals surface area contributed by atoms with Crippen LogP contribution < -0.4 is 10.1 Å². The van der Waals surface area contributed by atoms with E-state index in [1.807, 2.05) is 10.9 Å². The molecule has 3 rings (SSSR count).